The van der Waals surface area contributed by atoms with Crippen molar-refractivity contribution in [1.82, 2.24) is 0 Å². The normalized spacial score (nSPS) is 25.7. The second-order valence-corrected chi connectivity index (χ2v) is 15.1. The third-order valence-corrected chi connectivity index (χ3v) is 12.4. The van der Waals surface area contributed by atoms with Crippen LogP contribution in [0.1, 0.15) is 48.0 Å². The van der Waals surface area contributed by atoms with Crippen molar-refractivity contribution in [1.29, 1.82) is 0 Å². The molecule has 0 radical (unpaired) electrons. The molecule has 0 saturated carbocycles. The third-order valence-electron chi connectivity index (χ3n) is 6.43. The molecule has 4 rings (SSSR count). The van der Waals surface area contributed by atoms with Crippen LogP contribution in [0.3, 0.4) is 0 Å². The molecule has 1 aliphatic heterocycles. The van der Waals surface area contributed by atoms with Crippen LogP contribution in [0.5, 0.6) is 0 Å². The molecule has 3 nitrogen and oxygen atoms in total. The maximum atomic E-state index is 7.42. The summed E-state index contributed by atoms with van der Waals surface area (Å²) in [5.41, 5.74) is 1.25. The van der Waals surface area contributed by atoms with E-state index in [1.807, 2.05) is 13.8 Å². The molecule has 0 amide bonds. The third kappa shape index (κ3) is 3.89. The summed E-state index contributed by atoms with van der Waals surface area (Å²) in [5, 5.41) is 2.45. The van der Waals surface area contributed by atoms with E-state index in [2.05, 4.69) is 104 Å². The molecule has 0 aromatic heterocycles. The van der Waals surface area contributed by atoms with Crippen molar-refractivity contribution in [2.75, 3.05) is 0 Å². The van der Waals surface area contributed by atoms with E-state index in [1.54, 1.807) is 0 Å². The molecule has 2 aromatic carbocycles. The van der Waals surface area contributed by atoms with Gasteiger partial charge in [0.05, 0.1) is 0 Å². The van der Waals surface area contributed by atoms with Gasteiger partial charge in [0, 0.05) is 4.48 Å². The highest BCUT2D eigenvalue weighted by molar-refractivity contribution is 9.11. The molecular weight excluding hydrogens is 468 g/mol. The lowest BCUT2D eigenvalue weighted by Crippen LogP contribution is -2.68. The Hall–Kier alpha value is -1.24. The number of hydrogen-bond donors (Lipinski definition) is 0. The smallest absolute Gasteiger partial charge is 0.262 e. The molecule has 0 bridgehead atoms. The summed E-state index contributed by atoms with van der Waals surface area (Å²) < 4.78 is 21.2. The minimum atomic E-state index is -2.70. The highest BCUT2D eigenvalue weighted by atomic mass is 79.9. The van der Waals surface area contributed by atoms with Gasteiger partial charge in [-0.05, 0) is 41.3 Å². The molecule has 5 heteroatoms. The van der Waals surface area contributed by atoms with Crippen molar-refractivity contribution in [2.45, 2.75) is 77.1 Å². The number of hydrogen-bond acceptors (Lipinski definition) is 3. The second-order valence-electron chi connectivity index (χ2n) is 9.95. The van der Waals surface area contributed by atoms with Crippen molar-refractivity contribution in [3.8, 4) is 0 Å². The van der Waals surface area contributed by atoms with Crippen LogP contribution in [0.25, 0.3) is 0 Å². The summed E-state index contributed by atoms with van der Waals surface area (Å²) in [5.74, 6) is -0.615. The van der Waals surface area contributed by atoms with Gasteiger partial charge >= 0.3 is 0 Å². The summed E-state index contributed by atoms with van der Waals surface area (Å²) in [4.78, 5) is 0. The quantitative estimate of drug-likeness (QED) is 0.505. The van der Waals surface area contributed by atoms with Crippen LogP contribution in [0.4, 0.5) is 0 Å². The first-order chi connectivity index (χ1) is 14.6. The Kier molecular flexibility index (Phi) is 6.12. The number of fused-ring (bicyclic) bond motifs is 1. The van der Waals surface area contributed by atoms with E-state index in [0.29, 0.717) is 0 Å². The summed E-state index contributed by atoms with van der Waals surface area (Å²) in [7, 11) is -2.70. The Bertz CT molecular complexity index is 910. The van der Waals surface area contributed by atoms with E-state index in [9.17, 15) is 0 Å². The molecular formula is C26H33BrO3Si. The largest absolute Gasteiger partial charge is 0.397 e. The molecule has 0 N–H and O–H groups in total. The van der Waals surface area contributed by atoms with Gasteiger partial charge in [0.1, 0.15) is 18.3 Å². The molecule has 2 aliphatic rings. The van der Waals surface area contributed by atoms with Gasteiger partial charge in [-0.2, -0.15) is 0 Å². The van der Waals surface area contributed by atoms with Crippen LogP contribution < -0.4 is 10.4 Å². The maximum Gasteiger partial charge on any atom is 0.262 e. The molecule has 1 heterocycles. The first kappa shape index (κ1) is 22.9. The summed E-state index contributed by atoms with van der Waals surface area (Å²) in [6, 6.07) is 21.5. The fraction of sp³-hybridized carbons (Fsp3) is 0.462. The molecule has 31 heavy (non-hydrogen) atoms. The van der Waals surface area contributed by atoms with Crippen LogP contribution in [0, 0.1) is 0 Å². The zero-order valence-electron chi connectivity index (χ0n) is 19.3. The van der Waals surface area contributed by atoms with Gasteiger partial charge in [0.25, 0.3) is 8.32 Å². The van der Waals surface area contributed by atoms with Gasteiger partial charge < -0.3 is 13.9 Å². The predicted molar refractivity (Wildman–Crippen MR) is 133 cm³/mol. The summed E-state index contributed by atoms with van der Waals surface area (Å²) >= 11 is 3.91. The molecule has 166 valence electrons. The molecule has 2 aromatic rings. The summed E-state index contributed by atoms with van der Waals surface area (Å²) in [6.45, 7) is 13.1. The van der Waals surface area contributed by atoms with Gasteiger partial charge in [-0.15, -0.1) is 0 Å². The average Bonchev–Trinajstić information content (AvgIpc) is 3.15. The molecule has 1 saturated heterocycles. The molecule has 1 fully saturated rings. The zero-order valence-corrected chi connectivity index (χ0v) is 21.9. The van der Waals surface area contributed by atoms with Crippen molar-refractivity contribution < 1.29 is 13.9 Å². The van der Waals surface area contributed by atoms with E-state index >= 15 is 0 Å². The first-order valence-electron chi connectivity index (χ1n) is 11.1. The topological polar surface area (TPSA) is 27.7 Å². The number of rotatable bonds is 5. The van der Waals surface area contributed by atoms with Crippen LogP contribution >= 0.6 is 15.9 Å². The van der Waals surface area contributed by atoms with Crippen LogP contribution in [-0.4, -0.2) is 32.4 Å². The van der Waals surface area contributed by atoms with Gasteiger partial charge in [-0.1, -0.05) is 104 Å². The Morgan fingerprint density at radius 2 is 1.45 bits per heavy atom. The van der Waals surface area contributed by atoms with E-state index < -0.39 is 14.1 Å². The minimum Gasteiger partial charge on any atom is -0.397 e. The van der Waals surface area contributed by atoms with Crippen LogP contribution in [0.2, 0.25) is 5.04 Å². The molecule has 3 atom stereocenters. The van der Waals surface area contributed by atoms with E-state index in [4.69, 9.17) is 13.9 Å². The number of halogens is 1. The Morgan fingerprint density at radius 1 is 0.935 bits per heavy atom. The van der Waals surface area contributed by atoms with Crippen LogP contribution in [0.15, 0.2) is 70.7 Å². The predicted octanol–water partition coefficient (Wildman–Crippen LogP) is 5.52. The minimum absolute atomic E-state index is 0.0717. The average molecular weight is 502 g/mol. The highest BCUT2D eigenvalue weighted by Gasteiger charge is 2.58. The van der Waals surface area contributed by atoms with E-state index in [0.717, 1.165) is 10.9 Å². The Balaban J connectivity index is 1.89. The van der Waals surface area contributed by atoms with Gasteiger partial charge in [-0.25, -0.2) is 0 Å². The second kappa shape index (κ2) is 8.27. The first-order valence-corrected chi connectivity index (χ1v) is 13.8. The van der Waals surface area contributed by atoms with Gasteiger partial charge in [-0.3, -0.25) is 0 Å². The number of benzene rings is 2. The molecule has 0 spiro atoms. The van der Waals surface area contributed by atoms with Gasteiger partial charge in [0.2, 0.25) is 0 Å². The fourth-order valence-electron chi connectivity index (χ4n) is 5.11. The van der Waals surface area contributed by atoms with Crippen molar-refractivity contribution in [3.63, 3.8) is 0 Å². The highest BCUT2D eigenvalue weighted by Crippen LogP contribution is 2.48. The fourth-order valence-corrected chi connectivity index (χ4v) is 10.8. The standard InChI is InChI=1S/C26H33BrO3Si/c1-7-20-21(27)23(24-22(20)28-26(5,6)29-24)30-31(25(2,3)4,18-14-10-8-11-15-18)19-16-12-9-13-17-19/h8-17,22-24H,7H2,1-6H3/t22-,23+,24-/m0/s1. The van der Waals surface area contributed by atoms with Crippen molar-refractivity contribution in [3.05, 3.63) is 70.7 Å². The van der Waals surface area contributed by atoms with Gasteiger partial charge in [0.15, 0.2) is 5.79 Å². The van der Waals surface area contributed by atoms with Crippen molar-refractivity contribution in [2.24, 2.45) is 0 Å². The molecule has 1 aliphatic carbocycles. The lowest BCUT2D eigenvalue weighted by atomic mass is 10.1. The monoisotopic (exact) mass is 500 g/mol. The zero-order chi connectivity index (χ0) is 22.4. The Morgan fingerprint density at radius 3 is 1.90 bits per heavy atom. The SMILES string of the molecule is CCC1=C(Br)[C@@H](O[Si](c2ccccc2)(c2ccccc2)C(C)(C)C)[C@H]2OC(C)(C)O[C@@H]12. The molecule has 0 unspecified atom stereocenters. The summed E-state index contributed by atoms with van der Waals surface area (Å²) in [6.07, 6.45) is 0.480. The lowest BCUT2D eigenvalue weighted by Gasteiger charge is -2.45. The Labute approximate surface area is 196 Å². The maximum absolute atomic E-state index is 7.42. The van der Waals surface area contributed by atoms with E-state index in [1.165, 1.54) is 15.9 Å². The number of ether oxygens (including phenoxy) is 2. The van der Waals surface area contributed by atoms with Crippen molar-refractivity contribution >= 4 is 34.6 Å². The van der Waals surface area contributed by atoms with E-state index in [-0.39, 0.29) is 23.4 Å². The van der Waals surface area contributed by atoms with Crippen LogP contribution in [-0.2, 0) is 13.9 Å². The lowest BCUT2D eigenvalue weighted by molar-refractivity contribution is -0.152.